The van der Waals surface area contributed by atoms with Crippen LogP contribution in [0.2, 0.25) is 0 Å². The van der Waals surface area contributed by atoms with Crippen molar-refractivity contribution in [2.45, 2.75) is 51.2 Å². The standard InChI is InChI=1S/C19H31NO5/c1-15(5-3-4-6-19(22)23)20-13-17(21)14-25-18-9-7-16(8-10-18)11-12-24-2/h7-10,15,17,20-21H,3-6,11-14H2,1-2H3,(H,22,23). The lowest BCUT2D eigenvalue weighted by atomic mass is 10.1. The average molecular weight is 353 g/mol. The molecule has 0 bridgehead atoms. The van der Waals surface area contributed by atoms with E-state index in [1.54, 1.807) is 7.11 Å². The fourth-order valence-corrected chi connectivity index (χ4v) is 2.39. The Hall–Kier alpha value is -1.63. The lowest BCUT2D eigenvalue weighted by Crippen LogP contribution is -2.36. The first-order valence-electron chi connectivity index (χ1n) is 8.85. The number of aliphatic hydroxyl groups excluding tert-OH is 1. The topological polar surface area (TPSA) is 88.0 Å². The molecule has 142 valence electrons. The summed E-state index contributed by atoms with van der Waals surface area (Å²) in [6, 6.07) is 8.03. The second-order valence-electron chi connectivity index (χ2n) is 6.30. The van der Waals surface area contributed by atoms with Gasteiger partial charge in [-0.25, -0.2) is 0 Å². The fourth-order valence-electron chi connectivity index (χ4n) is 2.39. The molecule has 1 aromatic rings. The summed E-state index contributed by atoms with van der Waals surface area (Å²) >= 11 is 0. The molecular weight excluding hydrogens is 322 g/mol. The number of hydrogen-bond donors (Lipinski definition) is 3. The predicted molar refractivity (Wildman–Crippen MR) is 97.1 cm³/mol. The van der Waals surface area contributed by atoms with Gasteiger partial charge in [0.25, 0.3) is 0 Å². The zero-order valence-corrected chi connectivity index (χ0v) is 15.2. The summed E-state index contributed by atoms with van der Waals surface area (Å²) in [5.74, 6) is -0.0122. The summed E-state index contributed by atoms with van der Waals surface area (Å²) in [4.78, 5) is 10.4. The highest BCUT2D eigenvalue weighted by Gasteiger charge is 2.08. The molecule has 0 spiro atoms. The number of carboxylic acid groups (broad SMARTS) is 1. The van der Waals surface area contributed by atoms with Crippen LogP contribution in [0.5, 0.6) is 5.75 Å². The number of aliphatic carboxylic acids is 1. The van der Waals surface area contributed by atoms with Crippen molar-refractivity contribution in [3.63, 3.8) is 0 Å². The van der Waals surface area contributed by atoms with Gasteiger partial charge in [-0.3, -0.25) is 4.79 Å². The highest BCUT2D eigenvalue weighted by molar-refractivity contribution is 5.66. The predicted octanol–water partition coefficient (Wildman–Crippen LogP) is 2.24. The van der Waals surface area contributed by atoms with E-state index in [1.165, 1.54) is 5.56 Å². The van der Waals surface area contributed by atoms with Gasteiger partial charge >= 0.3 is 5.97 Å². The molecule has 0 aliphatic rings. The first-order valence-corrected chi connectivity index (χ1v) is 8.85. The van der Waals surface area contributed by atoms with E-state index in [2.05, 4.69) is 5.32 Å². The van der Waals surface area contributed by atoms with Crippen molar-refractivity contribution in [1.29, 1.82) is 0 Å². The molecule has 0 aliphatic heterocycles. The van der Waals surface area contributed by atoms with Gasteiger partial charge in [-0.2, -0.15) is 0 Å². The van der Waals surface area contributed by atoms with E-state index in [-0.39, 0.29) is 19.1 Å². The zero-order valence-electron chi connectivity index (χ0n) is 15.2. The number of hydrogen-bond acceptors (Lipinski definition) is 5. The molecule has 2 unspecified atom stereocenters. The molecule has 0 saturated heterocycles. The molecule has 1 aromatic carbocycles. The summed E-state index contributed by atoms with van der Waals surface area (Å²) < 4.78 is 10.6. The summed E-state index contributed by atoms with van der Waals surface area (Å²) in [5.41, 5.74) is 1.19. The molecule has 0 radical (unpaired) electrons. The van der Waals surface area contributed by atoms with Crippen molar-refractivity contribution in [3.05, 3.63) is 29.8 Å². The molecule has 0 aliphatic carbocycles. The number of nitrogens with one attached hydrogen (secondary N) is 1. The lowest BCUT2D eigenvalue weighted by Gasteiger charge is -2.17. The van der Waals surface area contributed by atoms with Crippen LogP contribution in [-0.4, -0.2) is 55.2 Å². The van der Waals surface area contributed by atoms with Gasteiger partial charge in [0, 0.05) is 26.1 Å². The minimum absolute atomic E-state index is 0.216. The van der Waals surface area contributed by atoms with E-state index in [0.717, 1.165) is 25.0 Å². The minimum atomic E-state index is -0.750. The largest absolute Gasteiger partial charge is 0.491 e. The van der Waals surface area contributed by atoms with Crippen molar-refractivity contribution in [2.24, 2.45) is 0 Å². The average Bonchev–Trinajstić information content (AvgIpc) is 2.60. The Labute approximate surface area is 150 Å². The quantitative estimate of drug-likeness (QED) is 0.445. The third kappa shape index (κ3) is 10.8. The van der Waals surface area contributed by atoms with Gasteiger partial charge in [-0.15, -0.1) is 0 Å². The van der Waals surface area contributed by atoms with Crippen LogP contribution in [0.15, 0.2) is 24.3 Å². The Kier molecular flexibility index (Phi) is 10.9. The first-order chi connectivity index (χ1) is 12.0. The molecule has 3 N–H and O–H groups in total. The van der Waals surface area contributed by atoms with Crippen LogP contribution >= 0.6 is 0 Å². The maximum atomic E-state index is 10.4. The SMILES string of the molecule is COCCc1ccc(OCC(O)CNC(C)CCCCC(=O)O)cc1. The normalized spacial score (nSPS) is 13.4. The van der Waals surface area contributed by atoms with Crippen LogP contribution in [0.1, 0.15) is 38.2 Å². The Bertz CT molecular complexity index is 477. The monoisotopic (exact) mass is 353 g/mol. The van der Waals surface area contributed by atoms with E-state index in [9.17, 15) is 9.90 Å². The van der Waals surface area contributed by atoms with Crippen molar-refractivity contribution in [3.8, 4) is 5.75 Å². The van der Waals surface area contributed by atoms with Crippen LogP contribution in [0.25, 0.3) is 0 Å². The van der Waals surface area contributed by atoms with E-state index in [1.807, 2.05) is 31.2 Å². The molecular formula is C19H31NO5. The van der Waals surface area contributed by atoms with Crippen LogP contribution in [0, 0.1) is 0 Å². The number of unbranched alkanes of at least 4 members (excludes halogenated alkanes) is 1. The Morgan fingerprint density at radius 3 is 2.60 bits per heavy atom. The summed E-state index contributed by atoms with van der Waals surface area (Å²) in [7, 11) is 1.68. The smallest absolute Gasteiger partial charge is 0.303 e. The van der Waals surface area contributed by atoms with Crippen LogP contribution in [-0.2, 0) is 16.0 Å². The summed E-state index contributed by atoms with van der Waals surface area (Å²) in [6.45, 7) is 3.41. The molecule has 0 fully saturated rings. The maximum Gasteiger partial charge on any atom is 0.303 e. The molecule has 1 rings (SSSR count). The van der Waals surface area contributed by atoms with E-state index < -0.39 is 12.1 Å². The summed E-state index contributed by atoms with van der Waals surface area (Å²) in [5, 5.41) is 21.8. The Balaban J connectivity index is 2.15. The number of aliphatic hydroxyl groups is 1. The molecule has 25 heavy (non-hydrogen) atoms. The molecule has 6 nitrogen and oxygen atoms in total. The number of methoxy groups -OCH3 is 1. The molecule has 0 aromatic heterocycles. The van der Waals surface area contributed by atoms with Crippen molar-refractivity contribution in [2.75, 3.05) is 26.9 Å². The van der Waals surface area contributed by atoms with Gasteiger partial charge in [-0.05, 0) is 43.9 Å². The minimum Gasteiger partial charge on any atom is -0.491 e. The Morgan fingerprint density at radius 1 is 1.24 bits per heavy atom. The second kappa shape index (κ2) is 12.7. The molecule has 0 heterocycles. The van der Waals surface area contributed by atoms with Crippen molar-refractivity contribution < 1.29 is 24.5 Å². The van der Waals surface area contributed by atoms with E-state index in [0.29, 0.717) is 19.6 Å². The molecule has 6 heteroatoms. The van der Waals surface area contributed by atoms with Gasteiger partial charge in [0.05, 0.1) is 6.61 Å². The fraction of sp³-hybridized carbons (Fsp3) is 0.632. The number of carbonyl (C=O) groups is 1. The highest BCUT2D eigenvalue weighted by atomic mass is 16.5. The maximum absolute atomic E-state index is 10.4. The van der Waals surface area contributed by atoms with Crippen molar-refractivity contribution >= 4 is 5.97 Å². The van der Waals surface area contributed by atoms with Crippen LogP contribution in [0.4, 0.5) is 0 Å². The van der Waals surface area contributed by atoms with E-state index >= 15 is 0 Å². The third-order valence-corrected chi connectivity index (χ3v) is 3.94. The first kappa shape index (κ1) is 21.4. The molecule has 0 saturated carbocycles. The molecule has 0 amide bonds. The zero-order chi connectivity index (χ0) is 18.5. The van der Waals surface area contributed by atoms with Gasteiger partial charge < -0.3 is 25.0 Å². The highest BCUT2D eigenvalue weighted by Crippen LogP contribution is 2.13. The van der Waals surface area contributed by atoms with Gasteiger partial charge in [0.1, 0.15) is 18.5 Å². The van der Waals surface area contributed by atoms with Gasteiger partial charge in [0.15, 0.2) is 0 Å². The molecule has 2 atom stereocenters. The number of carboxylic acids is 1. The number of rotatable bonds is 14. The number of benzene rings is 1. The third-order valence-electron chi connectivity index (χ3n) is 3.94. The Morgan fingerprint density at radius 2 is 1.96 bits per heavy atom. The van der Waals surface area contributed by atoms with Crippen molar-refractivity contribution in [1.82, 2.24) is 5.32 Å². The van der Waals surface area contributed by atoms with Crippen LogP contribution < -0.4 is 10.1 Å². The van der Waals surface area contributed by atoms with Gasteiger partial charge in [-0.1, -0.05) is 18.6 Å². The summed E-state index contributed by atoms with van der Waals surface area (Å²) in [6.07, 6.45) is 2.94. The number of ether oxygens (including phenoxy) is 2. The van der Waals surface area contributed by atoms with Crippen LogP contribution in [0.3, 0.4) is 0 Å². The lowest BCUT2D eigenvalue weighted by molar-refractivity contribution is -0.137. The van der Waals surface area contributed by atoms with Gasteiger partial charge in [0.2, 0.25) is 0 Å². The van der Waals surface area contributed by atoms with E-state index in [4.69, 9.17) is 14.6 Å². The second-order valence-corrected chi connectivity index (χ2v) is 6.30.